The van der Waals surface area contributed by atoms with Crippen molar-refractivity contribution in [2.24, 2.45) is 5.10 Å². The van der Waals surface area contributed by atoms with Crippen LogP contribution in [0.4, 0.5) is 5.13 Å². The summed E-state index contributed by atoms with van der Waals surface area (Å²) in [6.07, 6.45) is 3.90. The first-order valence-electron chi connectivity index (χ1n) is 11.0. The van der Waals surface area contributed by atoms with Crippen LogP contribution in [0, 0.1) is 13.8 Å². The second kappa shape index (κ2) is 8.06. The molecule has 162 valence electrons. The Morgan fingerprint density at radius 2 is 1.94 bits per heavy atom. The van der Waals surface area contributed by atoms with Crippen LogP contribution in [0.3, 0.4) is 0 Å². The van der Waals surface area contributed by atoms with E-state index in [1.54, 1.807) is 23.6 Å². The number of hydrazone groups is 1. The molecular formula is C27H27N3OS. The fraction of sp³-hybridized carbons (Fsp3) is 0.259. The zero-order chi connectivity index (χ0) is 22.3. The number of aryl methyl sites for hydroxylation is 2. The van der Waals surface area contributed by atoms with Crippen molar-refractivity contribution in [2.75, 3.05) is 5.43 Å². The van der Waals surface area contributed by atoms with E-state index in [9.17, 15) is 5.11 Å². The molecule has 1 saturated carbocycles. The Morgan fingerprint density at radius 3 is 2.78 bits per heavy atom. The molecule has 5 heteroatoms. The standard InChI is InChI=1S/C27H27N3OS/c1-17-8-9-18(2)23(12-17)27(3)13-20(14-27)24-16-32-26(29-24)30-28-15-22-21-7-5-4-6-19(21)10-11-25(22)31/h4-12,15-16,20,31H,13-14H2,1-3H3,(H,29,30)/b28-15+. The zero-order valence-corrected chi connectivity index (χ0v) is 19.4. The van der Waals surface area contributed by atoms with E-state index in [4.69, 9.17) is 4.98 Å². The number of phenolic OH excluding ortho intramolecular Hbond substituents is 1. The number of benzene rings is 3. The van der Waals surface area contributed by atoms with Gasteiger partial charge < -0.3 is 5.11 Å². The SMILES string of the molecule is Cc1ccc(C)c(C2(C)CC(c3csc(N/N=C/c4c(O)ccc5ccccc45)n3)C2)c1. The Hall–Kier alpha value is -3.18. The van der Waals surface area contributed by atoms with E-state index < -0.39 is 0 Å². The molecule has 32 heavy (non-hydrogen) atoms. The van der Waals surface area contributed by atoms with Gasteiger partial charge in [0, 0.05) is 16.9 Å². The Balaban J connectivity index is 1.27. The van der Waals surface area contributed by atoms with Crippen molar-refractivity contribution in [1.82, 2.24) is 4.98 Å². The van der Waals surface area contributed by atoms with Gasteiger partial charge in [0.1, 0.15) is 5.75 Å². The second-order valence-corrected chi connectivity index (χ2v) is 10.0. The average Bonchev–Trinajstić information content (AvgIpc) is 3.23. The predicted molar refractivity (Wildman–Crippen MR) is 134 cm³/mol. The number of phenols is 1. The zero-order valence-electron chi connectivity index (χ0n) is 18.6. The lowest BCUT2D eigenvalue weighted by Gasteiger charge is -2.46. The molecule has 0 unspecified atom stereocenters. The summed E-state index contributed by atoms with van der Waals surface area (Å²) in [7, 11) is 0. The minimum absolute atomic E-state index is 0.217. The van der Waals surface area contributed by atoms with Gasteiger partial charge in [-0.1, -0.05) is 61.0 Å². The van der Waals surface area contributed by atoms with E-state index in [1.807, 2.05) is 30.3 Å². The van der Waals surface area contributed by atoms with E-state index in [1.165, 1.54) is 16.7 Å². The first kappa shape index (κ1) is 20.7. The van der Waals surface area contributed by atoms with Crippen molar-refractivity contribution >= 4 is 33.5 Å². The largest absolute Gasteiger partial charge is 0.507 e. The van der Waals surface area contributed by atoms with Crippen molar-refractivity contribution in [2.45, 2.75) is 44.9 Å². The van der Waals surface area contributed by atoms with E-state index in [0.717, 1.165) is 34.4 Å². The number of rotatable bonds is 5. The molecule has 4 aromatic rings. The van der Waals surface area contributed by atoms with Gasteiger partial charge in [-0.05, 0) is 60.1 Å². The molecule has 0 amide bonds. The maximum atomic E-state index is 10.3. The molecule has 0 saturated heterocycles. The number of nitrogens with zero attached hydrogens (tertiary/aromatic N) is 2. The van der Waals surface area contributed by atoms with Gasteiger partial charge in [0.05, 0.1) is 11.9 Å². The van der Waals surface area contributed by atoms with E-state index >= 15 is 0 Å². The van der Waals surface area contributed by atoms with E-state index in [2.05, 4.69) is 54.9 Å². The molecule has 2 N–H and O–H groups in total. The lowest BCUT2D eigenvalue weighted by molar-refractivity contribution is 0.221. The number of thiazole rings is 1. The van der Waals surface area contributed by atoms with Crippen molar-refractivity contribution in [3.8, 4) is 5.75 Å². The Bertz CT molecular complexity index is 1320. The van der Waals surface area contributed by atoms with Crippen LogP contribution < -0.4 is 5.43 Å². The van der Waals surface area contributed by atoms with Gasteiger partial charge in [0.25, 0.3) is 0 Å². The normalized spacial score (nSPS) is 20.5. The maximum absolute atomic E-state index is 10.3. The summed E-state index contributed by atoms with van der Waals surface area (Å²) >= 11 is 1.57. The van der Waals surface area contributed by atoms with E-state index in [-0.39, 0.29) is 11.2 Å². The first-order valence-corrected chi connectivity index (χ1v) is 11.8. The van der Waals surface area contributed by atoms with Crippen LogP contribution in [0.15, 0.2) is 65.1 Å². The smallest absolute Gasteiger partial charge is 0.203 e. The molecule has 1 aliphatic carbocycles. The van der Waals surface area contributed by atoms with Gasteiger partial charge in [-0.2, -0.15) is 5.10 Å². The second-order valence-electron chi connectivity index (χ2n) is 9.15. The fourth-order valence-electron chi connectivity index (χ4n) is 4.94. The predicted octanol–water partition coefficient (Wildman–Crippen LogP) is 6.90. The van der Waals surface area contributed by atoms with Crippen LogP contribution in [0.25, 0.3) is 10.8 Å². The lowest BCUT2D eigenvalue weighted by Crippen LogP contribution is -2.37. The van der Waals surface area contributed by atoms with Gasteiger partial charge >= 0.3 is 0 Å². The molecule has 1 aromatic heterocycles. The summed E-state index contributed by atoms with van der Waals surface area (Å²) in [5.74, 6) is 0.701. The minimum Gasteiger partial charge on any atom is -0.507 e. The lowest BCUT2D eigenvalue weighted by atomic mass is 9.58. The van der Waals surface area contributed by atoms with Crippen LogP contribution in [-0.2, 0) is 5.41 Å². The molecule has 4 nitrogen and oxygen atoms in total. The molecule has 0 spiro atoms. The Morgan fingerprint density at radius 1 is 1.12 bits per heavy atom. The van der Waals surface area contributed by atoms with Gasteiger partial charge in [0.2, 0.25) is 5.13 Å². The van der Waals surface area contributed by atoms with Gasteiger partial charge in [-0.25, -0.2) is 4.98 Å². The third kappa shape index (κ3) is 3.78. The molecule has 5 rings (SSSR count). The van der Waals surface area contributed by atoms with Crippen LogP contribution in [0.5, 0.6) is 5.75 Å². The number of anilines is 1. The highest BCUT2D eigenvalue weighted by atomic mass is 32.1. The molecule has 1 aliphatic rings. The minimum atomic E-state index is 0.217. The summed E-state index contributed by atoms with van der Waals surface area (Å²) in [4.78, 5) is 4.78. The monoisotopic (exact) mass is 441 g/mol. The first-order chi connectivity index (χ1) is 15.4. The molecule has 1 heterocycles. The number of fused-ring (bicyclic) bond motifs is 1. The number of aromatic hydroxyl groups is 1. The number of hydrogen-bond acceptors (Lipinski definition) is 5. The van der Waals surface area contributed by atoms with Gasteiger partial charge in [-0.15, -0.1) is 11.3 Å². The van der Waals surface area contributed by atoms with Gasteiger partial charge in [-0.3, -0.25) is 5.43 Å². The van der Waals surface area contributed by atoms with Crippen LogP contribution in [-0.4, -0.2) is 16.3 Å². The molecule has 0 radical (unpaired) electrons. The molecular weight excluding hydrogens is 414 g/mol. The topological polar surface area (TPSA) is 57.5 Å². The van der Waals surface area contributed by atoms with Crippen molar-refractivity contribution in [3.63, 3.8) is 0 Å². The highest BCUT2D eigenvalue weighted by molar-refractivity contribution is 7.13. The van der Waals surface area contributed by atoms with E-state index in [0.29, 0.717) is 11.5 Å². The maximum Gasteiger partial charge on any atom is 0.203 e. The van der Waals surface area contributed by atoms with Crippen LogP contribution >= 0.6 is 11.3 Å². The quantitative estimate of drug-likeness (QED) is 0.262. The van der Waals surface area contributed by atoms with Crippen LogP contribution in [0.2, 0.25) is 0 Å². The van der Waals surface area contributed by atoms with Crippen molar-refractivity contribution < 1.29 is 5.11 Å². The molecule has 1 fully saturated rings. The number of hydrogen-bond donors (Lipinski definition) is 2. The van der Waals surface area contributed by atoms with Crippen molar-refractivity contribution in [1.29, 1.82) is 0 Å². The van der Waals surface area contributed by atoms with Crippen molar-refractivity contribution in [3.05, 3.63) is 87.9 Å². The summed E-state index contributed by atoms with van der Waals surface area (Å²) in [6, 6.07) is 18.3. The number of nitrogens with one attached hydrogen (secondary N) is 1. The Labute approximate surface area is 192 Å². The van der Waals surface area contributed by atoms with Crippen LogP contribution in [0.1, 0.15) is 53.6 Å². The molecule has 0 bridgehead atoms. The third-order valence-corrected chi connectivity index (χ3v) is 7.44. The molecule has 0 aliphatic heterocycles. The Kier molecular flexibility index (Phi) is 5.22. The summed E-state index contributed by atoms with van der Waals surface area (Å²) < 4.78 is 0. The van der Waals surface area contributed by atoms with Gasteiger partial charge in [0.15, 0.2) is 0 Å². The highest BCUT2D eigenvalue weighted by Gasteiger charge is 2.43. The highest BCUT2D eigenvalue weighted by Crippen LogP contribution is 2.53. The summed E-state index contributed by atoms with van der Waals surface area (Å²) in [6.45, 7) is 6.75. The molecule has 3 aromatic carbocycles. The summed E-state index contributed by atoms with van der Waals surface area (Å²) in [5.41, 5.74) is 9.29. The number of aromatic nitrogens is 1. The summed E-state index contributed by atoms with van der Waals surface area (Å²) in [5, 5.41) is 19.6. The average molecular weight is 442 g/mol. The fourth-order valence-corrected chi connectivity index (χ4v) is 5.68. The third-order valence-electron chi connectivity index (χ3n) is 6.68. The molecule has 0 atom stereocenters.